The molecule has 28 heteroatoms. The van der Waals surface area contributed by atoms with Crippen LogP contribution in [0.1, 0.15) is 0 Å². The molecule has 0 fully saturated rings. The summed E-state index contributed by atoms with van der Waals surface area (Å²) in [5, 5.41) is 1.44. The number of nitrogens with zero attached hydrogens (tertiary/aromatic N) is 4. The third-order valence-electron chi connectivity index (χ3n) is 6.79. The van der Waals surface area contributed by atoms with Gasteiger partial charge in [0.25, 0.3) is 0 Å². The van der Waals surface area contributed by atoms with Crippen molar-refractivity contribution in [1.29, 1.82) is 0 Å². The molecule has 24 nitrogen and oxygen atoms in total. The first-order chi connectivity index (χ1) is 26.9. The second-order valence-electron chi connectivity index (χ2n) is 12.4. The van der Waals surface area contributed by atoms with E-state index in [1.165, 1.54) is 24.3 Å². The van der Waals surface area contributed by atoms with Gasteiger partial charge in [0.15, 0.2) is 0 Å². The lowest BCUT2D eigenvalue weighted by atomic mass is 10.1. The maximum Gasteiger partial charge on any atom is 0.340 e. The molecule has 0 aromatic heterocycles. The molecule has 0 heterocycles. The second kappa shape index (κ2) is 23.6. The molecule has 0 aliphatic rings. The quantitative estimate of drug-likeness (QED) is 0.0413. The van der Waals surface area contributed by atoms with Crippen molar-refractivity contribution in [3.8, 4) is 0 Å². The molecular weight excluding hydrogens is 873 g/mol. The summed E-state index contributed by atoms with van der Waals surface area (Å²) in [4.78, 5) is -1.64. The average Bonchev–Trinajstić information content (AvgIpc) is 3.10. The SMILES string of the molecule is C[N+](C)=C(N)N.C[N+](C)=C(N)N.C[N+](C)=C(N)N.C[N+](C)=C(N)N.O=S(=O)([O-])c1ccc2cc(S(=O)(=O)[O-])ccc2c1.O=S(=O)([O-])c1ccc2cc(S(=O)(=O)[O-])ccc2c1. The predicted molar refractivity (Wildman–Crippen MR) is 222 cm³/mol. The van der Waals surface area contributed by atoms with Crippen molar-refractivity contribution >= 4 is 85.9 Å². The molecule has 0 unspecified atom stereocenters. The largest absolute Gasteiger partial charge is 0.744 e. The Morgan fingerprint density at radius 2 is 0.450 bits per heavy atom. The van der Waals surface area contributed by atoms with Gasteiger partial charge in [0, 0.05) is 0 Å². The zero-order valence-electron chi connectivity index (χ0n) is 33.9. The Morgan fingerprint density at radius 3 is 0.533 bits per heavy atom. The third-order valence-corrected chi connectivity index (χ3v) is 10.1. The van der Waals surface area contributed by atoms with E-state index in [1.807, 2.05) is 0 Å². The third kappa shape index (κ3) is 22.3. The summed E-state index contributed by atoms with van der Waals surface area (Å²) in [6.07, 6.45) is 0. The van der Waals surface area contributed by atoms with Crippen LogP contribution in [0.25, 0.3) is 21.5 Å². The van der Waals surface area contributed by atoms with Gasteiger partial charge in [0.1, 0.15) is 40.5 Å². The standard InChI is InChI=1S/2C10H8O6S2.4C3H9N3/c2*11-17(12,13)9-3-1-7-5-10(18(14,15)16)4-2-8(7)6-9;4*1-6(2)3(4)5/h2*1-6H,(H,11,12,13)(H,14,15,16);4*1-2H3,(H3,4,5). The maximum atomic E-state index is 10.8. The van der Waals surface area contributed by atoms with Crippen molar-refractivity contribution in [3.63, 3.8) is 0 Å². The fraction of sp³-hybridized carbons (Fsp3) is 0.250. The van der Waals surface area contributed by atoms with Gasteiger partial charge in [-0.05, 0) is 70.1 Å². The van der Waals surface area contributed by atoms with Crippen LogP contribution in [-0.4, -0.2) is 150 Å². The van der Waals surface area contributed by atoms with E-state index in [9.17, 15) is 51.9 Å². The van der Waals surface area contributed by atoms with Gasteiger partial charge in [-0.25, -0.2) is 33.7 Å². The van der Waals surface area contributed by atoms with Crippen LogP contribution >= 0.6 is 0 Å². The Kier molecular flexibility index (Phi) is 22.2. The number of nitrogens with two attached hydrogens (primary N) is 8. The molecule has 0 radical (unpaired) electrons. The zero-order valence-corrected chi connectivity index (χ0v) is 37.1. The van der Waals surface area contributed by atoms with Gasteiger partial charge in [0.2, 0.25) is 0 Å². The Bertz CT molecular complexity index is 2280. The minimum atomic E-state index is -4.56. The van der Waals surface area contributed by atoms with Crippen molar-refractivity contribution in [1.82, 2.24) is 0 Å². The van der Waals surface area contributed by atoms with Crippen LogP contribution in [0.15, 0.2) is 92.4 Å². The van der Waals surface area contributed by atoms with Gasteiger partial charge in [-0.3, -0.25) is 64.2 Å². The van der Waals surface area contributed by atoms with Crippen LogP contribution < -0.4 is 45.9 Å². The van der Waals surface area contributed by atoms with Crippen molar-refractivity contribution < 1.29 is 70.2 Å². The van der Waals surface area contributed by atoms with Gasteiger partial charge in [0.05, 0.1) is 76.0 Å². The molecule has 0 saturated carbocycles. The summed E-state index contributed by atoms with van der Waals surface area (Å²) >= 11 is 0. The summed E-state index contributed by atoms with van der Waals surface area (Å²) in [5.41, 5.74) is 40.4. The molecule has 0 aliphatic carbocycles. The molecule has 0 bridgehead atoms. The van der Waals surface area contributed by atoms with Crippen LogP contribution in [0.3, 0.4) is 0 Å². The monoisotopic (exact) mass is 924 g/mol. The minimum absolute atomic E-state index is 0.343. The van der Waals surface area contributed by atoms with Crippen LogP contribution in [0, 0.1) is 0 Å². The Balaban J connectivity index is 0. The van der Waals surface area contributed by atoms with Crippen LogP contribution in [0.4, 0.5) is 0 Å². The van der Waals surface area contributed by atoms with Gasteiger partial charge >= 0.3 is 23.8 Å². The molecule has 4 aromatic carbocycles. The topological polar surface area (TPSA) is 449 Å². The highest BCUT2D eigenvalue weighted by atomic mass is 32.2. The first-order valence-electron chi connectivity index (χ1n) is 16.1. The molecule has 0 saturated heterocycles. The second-order valence-corrected chi connectivity index (χ2v) is 18.0. The molecule has 4 rings (SSSR count). The molecule has 60 heavy (non-hydrogen) atoms. The fourth-order valence-electron chi connectivity index (χ4n) is 3.03. The highest BCUT2D eigenvalue weighted by molar-refractivity contribution is 7.86. The molecule has 0 spiro atoms. The Labute approximate surface area is 349 Å². The normalized spacial score (nSPS) is 10.7. The van der Waals surface area contributed by atoms with E-state index in [2.05, 4.69) is 0 Å². The molecule has 0 aliphatic heterocycles. The maximum absolute atomic E-state index is 10.8. The van der Waals surface area contributed by atoms with Gasteiger partial charge < -0.3 is 18.2 Å². The number of benzene rings is 4. The molecule has 4 aromatic rings. The van der Waals surface area contributed by atoms with E-state index >= 15 is 0 Å². The van der Waals surface area contributed by atoms with Gasteiger partial charge in [-0.15, -0.1) is 0 Å². The van der Waals surface area contributed by atoms with Crippen molar-refractivity contribution in [2.24, 2.45) is 45.9 Å². The summed E-state index contributed by atoms with van der Waals surface area (Å²) in [5.74, 6) is 1.37. The van der Waals surface area contributed by atoms with E-state index in [4.69, 9.17) is 45.9 Å². The van der Waals surface area contributed by atoms with E-state index in [1.54, 1.807) is 74.7 Å². The molecule has 16 N–H and O–H groups in total. The van der Waals surface area contributed by atoms with Crippen LogP contribution in [0.2, 0.25) is 0 Å². The lowest BCUT2D eigenvalue weighted by Gasteiger charge is -2.10. The van der Waals surface area contributed by atoms with Crippen molar-refractivity contribution in [3.05, 3.63) is 72.8 Å². The highest BCUT2D eigenvalue weighted by Gasteiger charge is 2.07. The van der Waals surface area contributed by atoms with E-state index in [0.29, 0.717) is 45.4 Å². The summed E-state index contributed by atoms with van der Waals surface area (Å²) in [6, 6.07) is 13.8. The van der Waals surface area contributed by atoms with Crippen LogP contribution in [-0.2, 0) is 40.5 Å². The van der Waals surface area contributed by atoms with Crippen LogP contribution in [0.5, 0.6) is 0 Å². The number of fused-ring (bicyclic) bond motifs is 2. The Morgan fingerprint density at radius 1 is 0.333 bits per heavy atom. The minimum Gasteiger partial charge on any atom is -0.744 e. The fourth-order valence-corrected chi connectivity index (χ4v) is 5.05. The predicted octanol–water partition coefficient (Wildman–Crippen LogP) is -4.58. The molecule has 0 atom stereocenters. The number of rotatable bonds is 4. The lowest BCUT2D eigenvalue weighted by Crippen LogP contribution is -2.31. The van der Waals surface area contributed by atoms with Gasteiger partial charge in [-0.1, -0.05) is 24.3 Å². The number of hydrogen-bond donors (Lipinski definition) is 8. The van der Waals surface area contributed by atoms with Crippen molar-refractivity contribution in [2.75, 3.05) is 56.4 Å². The number of hydrogen-bond acceptors (Lipinski definition) is 12. The molecule has 0 amide bonds. The molecular formula is C32H52N12O12S4. The van der Waals surface area contributed by atoms with E-state index in [-0.39, 0.29) is 0 Å². The summed E-state index contributed by atoms with van der Waals surface area (Å²) in [6.45, 7) is 0. The summed E-state index contributed by atoms with van der Waals surface area (Å²) < 4.78 is 136. The van der Waals surface area contributed by atoms with E-state index < -0.39 is 60.1 Å². The molecule has 336 valence electrons. The number of guanidine groups is 4. The van der Waals surface area contributed by atoms with Crippen molar-refractivity contribution in [2.45, 2.75) is 19.6 Å². The highest BCUT2D eigenvalue weighted by Crippen LogP contribution is 2.23. The summed E-state index contributed by atoms with van der Waals surface area (Å²) in [7, 11) is -3.95. The average molecular weight is 925 g/mol. The lowest BCUT2D eigenvalue weighted by molar-refractivity contribution is -0.466. The van der Waals surface area contributed by atoms with Gasteiger partial charge in [-0.2, -0.15) is 0 Å². The first kappa shape index (κ1) is 56.2. The smallest absolute Gasteiger partial charge is 0.340 e. The Hall–Kier alpha value is -5.88. The van der Waals surface area contributed by atoms with E-state index in [0.717, 1.165) is 48.5 Å². The first-order valence-corrected chi connectivity index (χ1v) is 21.7. The zero-order chi connectivity index (χ0) is 47.7.